The van der Waals surface area contributed by atoms with Crippen molar-refractivity contribution >= 4 is 49.8 Å². The summed E-state index contributed by atoms with van der Waals surface area (Å²) in [6.07, 6.45) is 0.962. The normalized spacial score (nSPS) is 12.8. The molecule has 0 saturated heterocycles. The van der Waals surface area contributed by atoms with Crippen LogP contribution >= 0.6 is 23.1 Å². The fourth-order valence-corrected chi connectivity index (χ4v) is 5.29. The van der Waals surface area contributed by atoms with Crippen molar-refractivity contribution in [1.29, 1.82) is 0 Å². The minimum absolute atomic E-state index is 0.0727. The van der Waals surface area contributed by atoms with Crippen LogP contribution in [0.2, 0.25) is 0 Å². The molecule has 2 rings (SSSR count). The maximum Gasteiger partial charge on any atom is 0.249 e. The predicted molar refractivity (Wildman–Crippen MR) is 103 cm³/mol. The van der Waals surface area contributed by atoms with Gasteiger partial charge in [-0.15, -0.1) is 10.2 Å². The van der Waals surface area contributed by atoms with Gasteiger partial charge in [0.15, 0.2) is 4.34 Å². The summed E-state index contributed by atoms with van der Waals surface area (Å²) in [5, 5.41) is 11.0. The lowest BCUT2D eigenvalue weighted by molar-refractivity contribution is -0.116. The molecule has 0 aliphatic carbocycles. The Hall–Kier alpha value is -1.72. The first-order chi connectivity index (χ1) is 12.1. The number of hydrogen-bond donors (Lipinski definition) is 1. The van der Waals surface area contributed by atoms with E-state index in [2.05, 4.69) is 15.5 Å². The third kappa shape index (κ3) is 5.39. The number of anilines is 2. The van der Waals surface area contributed by atoms with Gasteiger partial charge in [0.25, 0.3) is 0 Å². The minimum atomic E-state index is -3.81. The van der Waals surface area contributed by atoms with Crippen LogP contribution in [0.25, 0.3) is 0 Å². The van der Waals surface area contributed by atoms with Crippen LogP contribution in [0.15, 0.2) is 28.6 Å². The SMILES string of the molecule is CC(C)Sc1nnc(NC(=O)C(C)N(c2cccc(F)c2)S(C)(=O)=O)s1. The van der Waals surface area contributed by atoms with Crippen molar-refractivity contribution in [3.05, 3.63) is 30.1 Å². The Morgan fingerprint density at radius 1 is 1.31 bits per heavy atom. The molecule has 1 N–H and O–H groups in total. The number of amides is 1. The molecular formula is C15H19FN4O3S3. The van der Waals surface area contributed by atoms with Crippen LogP contribution in [0.5, 0.6) is 0 Å². The van der Waals surface area contributed by atoms with Crippen LogP contribution in [0.1, 0.15) is 20.8 Å². The van der Waals surface area contributed by atoms with E-state index in [1.165, 1.54) is 48.2 Å². The second-order valence-corrected chi connectivity index (χ2v) is 10.4. The van der Waals surface area contributed by atoms with Crippen LogP contribution in [0.4, 0.5) is 15.2 Å². The average Bonchev–Trinajstić information content (AvgIpc) is 2.92. The highest BCUT2D eigenvalue weighted by atomic mass is 32.2. The van der Waals surface area contributed by atoms with Crippen molar-refractivity contribution in [3.63, 3.8) is 0 Å². The Kier molecular flexibility index (Phi) is 6.58. The second kappa shape index (κ2) is 8.31. The van der Waals surface area contributed by atoms with Crippen molar-refractivity contribution in [2.24, 2.45) is 0 Å². The summed E-state index contributed by atoms with van der Waals surface area (Å²) in [7, 11) is -3.81. The zero-order valence-electron chi connectivity index (χ0n) is 14.6. The van der Waals surface area contributed by atoms with Crippen LogP contribution in [-0.2, 0) is 14.8 Å². The Balaban J connectivity index is 2.21. The smallest absolute Gasteiger partial charge is 0.249 e. The standard InChI is InChI=1S/C15H19FN4O3S3/c1-9(2)24-15-19-18-14(25-15)17-13(21)10(3)20(26(4,22)23)12-7-5-6-11(16)8-12/h5-10H,1-4H3,(H,17,18,21). The molecule has 142 valence electrons. The van der Waals surface area contributed by atoms with E-state index in [0.29, 0.717) is 9.59 Å². The van der Waals surface area contributed by atoms with Gasteiger partial charge in [0.05, 0.1) is 11.9 Å². The van der Waals surface area contributed by atoms with E-state index in [9.17, 15) is 17.6 Å². The van der Waals surface area contributed by atoms with Crippen LogP contribution in [-0.4, -0.2) is 42.1 Å². The molecule has 1 aromatic heterocycles. The summed E-state index contributed by atoms with van der Waals surface area (Å²) in [5.41, 5.74) is 0.0727. The van der Waals surface area contributed by atoms with Gasteiger partial charge in [-0.1, -0.05) is 43.0 Å². The molecule has 0 aliphatic heterocycles. The van der Waals surface area contributed by atoms with Gasteiger partial charge in [-0.2, -0.15) is 0 Å². The number of nitrogens with zero attached hydrogens (tertiary/aromatic N) is 3. The van der Waals surface area contributed by atoms with Crippen LogP contribution in [0, 0.1) is 5.82 Å². The summed E-state index contributed by atoms with van der Waals surface area (Å²) < 4.78 is 39.4. The molecule has 1 amide bonds. The Morgan fingerprint density at radius 2 is 2.00 bits per heavy atom. The van der Waals surface area contributed by atoms with E-state index in [4.69, 9.17) is 0 Å². The third-order valence-corrected chi connectivity index (χ3v) is 6.29. The van der Waals surface area contributed by atoms with E-state index < -0.39 is 27.8 Å². The number of benzene rings is 1. The summed E-state index contributed by atoms with van der Waals surface area (Å²) in [5.74, 6) is -1.18. The van der Waals surface area contributed by atoms with E-state index >= 15 is 0 Å². The largest absolute Gasteiger partial charge is 0.299 e. The molecule has 1 atom stereocenters. The molecule has 0 saturated carbocycles. The third-order valence-electron chi connectivity index (χ3n) is 3.12. The van der Waals surface area contributed by atoms with Crippen LogP contribution in [0.3, 0.4) is 0 Å². The monoisotopic (exact) mass is 418 g/mol. The number of hydrogen-bond acceptors (Lipinski definition) is 7. The Labute approximate surface area is 160 Å². The summed E-state index contributed by atoms with van der Waals surface area (Å²) in [6.45, 7) is 5.44. The van der Waals surface area contributed by atoms with Crippen molar-refractivity contribution in [2.75, 3.05) is 15.9 Å². The molecule has 1 heterocycles. The first-order valence-corrected chi connectivity index (χ1v) is 11.2. The highest BCUT2D eigenvalue weighted by molar-refractivity contribution is 8.01. The zero-order valence-corrected chi connectivity index (χ0v) is 17.1. The molecule has 0 radical (unpaired) electrons. The number of halogens is 1. The highest BCUT2D eigenvalue weighted by Crippen LogP contribution is 2.29. The number of sulfonamides is 1. The maximum absolute atomic E-state index is 13.5. The number of rotatable bonds is 7. The van der Waals surface area contributed by atoms with Crippen molar-refractivity contribution in [2.45, 2.75) is 36.4 Å². The topological polar surface area (TPSA) is 92.3 Å². The molecule has 0 spiro atoms. The molecular weight excluding hydrogens is 399 g/mol. The van der Waals surface area contributed by atoms with Gasteiger partial charge in [-0.3, -0.25) is 14.4 Å². The quantitative estimate of drug-likeness (QED) is 0.549. The van der Waals surface area contributed by atoms with Crippen molar-refractivity contribution in [1.82, 2.24) is 10.2 Å². The molecule has 0 fully saturated rings. The van der Waals surface area contributed by atoms with Crippen molar-refractivity contribution < 1.29 is 17.6 Å². The maximum atomic E-state index is 13.5. The highest BCUT2D eigenvalue weighted by Gasteiger charge is 2.30. The first-order valence-electron chi connectivity index (χ1n) is 7.64. The van der Waals surface area contributed by atoms with Gasteiger partial charge >= 0.3 is 0 Å². The van der Waals surface area contributed by atoms with Gasteiger partial charge in [-0.05, 0) is 25.1 Å². The second-order valence-electron chi connectivity index (χ2n) is 5.74. The molecule has 0 bridgehead atoms. The zero-order chi connectivity index (χ0) is 19.5. The van der Waals surface area contributed by atoms with Gasteiger partial charge in [0.2, 0.25) is 21.1 Å². The number of aromatic nitrogens is 2. The molecule has 2 aromatic rings. The number of carbonyl (C=O) groups is 1. The summed E-state index contributed by atoms with van der Waals surface area (Å²) in [6, 6.07) is 3.97. The minimum Gasteiger partial charge on any atom is -0.299 e. The molecule has 1 unspecified atom stereocenters. The lowest BCUT2D eigenvalue weighted by atomic mass is 10.2. The molecule has 26 heavy (non-hydrogen) atoms. The summed E-state index contributed by atoms with van der Waals surface area (Å²) >= 11 is 2.71. The van der Waals surface area contributed by atoms with Gasteiger partial charge in [0, 0.05) is 5.25 Å². The Bertz CT molecular complexity index is 886. The van der Waals surface area contributed by atoms with E-state index in [0.717, 1.165) is 16.6 Å². The van der Waals surface area contributed by atoms with Gasteiger partial charge < -0.3 is 0 Å². The average molecular weight is 419 g/mol. The molecule has 1 aromatic carbocycles. The Morgan fingerprint density at radius 3 is 2.58 bits per heavy atom. The molecule has 7 nitrogen and oxygen atoms in total. The summed E-state index contributed by atoms with van der Waals surface area (Å²) in [4.78, 5) is 12.5. The van der Waals surface area contributed by atoms with E-state index in [-0.39, 0.29) is 10.8 Å². The van der Waals surface area contributed by atoms with Crippen LogP contribution < -0.4 is 9.62 Å². The fourth-order valence-electron chi connectivity index (χ4n) is 2.14. The number of thioether (sulfide) groups is 1. The molecule has 0 aliphatic rings. The van der Waals surface area contributed by atoms with Crippen molar-refractivity contribution in [3.8, 4) is 0 Å². The van der Waals surface area contributed by atoms with E-state index in [1.807, 2.05) is 13.8 Å². The lowest BCUT2D eigenvalue weighted by Gasteiger charge is -2.27. The first kappa shape index (κ1) is 20.6. The van der Waals surface area contributed by atoms with Gasteiger partial charge in [0.1, 0.15) is 11.9 Å². The van der Waals surface area contributed by atoms with Gasteiger partial charge in [-0.25, -0.2) is 12.8 Å². The predicted octanol–water partition coefficient (Wildman–Crippen LogP) is 2.97. The van der Waals surface area contributed by atoms with E-state index in [1.54, 1.807) is 0 Å². The fraction of sp³-hybridized carbons (Fsp3) is 0.400. The number of carbonyl (C=O) groups excluding carboxylic acids is 1. The lowest BCUT2D eigenvalue weighted by Crippen LogP contribution is -2.45. The number of nitrogens with one attached hydrogen (secondary N) is 1. The molecule has 11 heteroatoms.